The molecule has 4 heterocycles. The number of anilines is 4. The van der Waals surface area contributed by atoms with Gasteiger partial charge in [0.25, 0.3) is 23.6 Å². The summed E-state index contributed by atoms with van der Waals surface area (Å²) in [5, 5.41) is 4.07. The molecule has 19 nitrogen and oxygen atoms in total. The van der Waals surface area contributed by atoms with Crippen LogP contribution in [0.15, 0.2) is 103 Å². The van der Waals surface area contributed by atoms with E-state index in [9.17, 15) is 24.0 Å². The lowest BCUT2D eigenvalue weighted by Crippen LogP contribution is -2.40. The van der Waals surface area contributed by atoms with Gasteiger partial charge in [0, 0.05) is 80.1 Å². The van der Waals surface area contributed by atoms with E-state index in [2.05, 4.69) is 33.7 Å². The maximum absolute atomic E-state index is 14.3. The highest BCUT2D eigenvalue weighted by Crippen LogP contribution is 2.42. The maximum atomic E-state index is 14.3. The first-order valence-electron chi connectivity index (χ1n) is 26.5. The normalized spacial score (nSPS) is 15.3. The van der Waals surface area contributed by atoms with Gasteiger partial charge >= 0.3 is 5.97 Å². The molecule has 1 atom stereocenters. The van der Waals surface area contributed by atoms with Crippen LogP contribution in [-0.2, 0) is 59.5 Å². The van der Waals surface area contributed by atoms with E-state index in [1.165, 1.54) is 26.0 Å². The molecule has 0 aromatic heterocycles. The van der Waals surface area contributed by atoms with E-state index in [1.54, 1.807) is 30.2 Å². The summed E-state index contributed by atoms with van der Waals surface area (Å²) in [6.07, 6.45) is 1.45. The third-order valence-electron chi connectivity index (χ3n) is 14.0. The van der Waals surface area contributed by atoms with E-state index in [4.69, 9.17) is 38.0 Å². The number of methoxy groups -OCH3 is 3. The number of carbonyl (C=O) groups is 5. The van der Waals surface area contributed by atoms with E-state index in [0.29, 0.717) is 110 Å². The Bertz CT molecular complexity index is 3170. The van der Waals surface area contributed by atoms with Crippen molar-refractivity contribution in [1.82, 2.24) is 5.06 Å². The second-order valence-corrected chi connectivity index (χ2v) is 21.7. The van der Waals surface area contributed by atoms with E-state index in [-0.39, 0.29) is 49.7 Å². The molecule has 0 bridgehead atoms. The average Bonchev–Trinajstić information content (AvgIpc) is 4.15. The largest absolute Gasteiger partial charge is 0.493 e. The smallest absolute Gasteiger partial charge is 0.343 e. The lowest BCUT2D eigenvalue weighted by molar-refractivity contribution is -0.195. The molecular weight excluding hydrogens is 1040 g/mol. The summed E-state index contributed by atoms with van der Waals surface area (Å²) in [5.74, 6) is 1.71. The molecule has 0 aliphatic carbocycles. The molecule has 1 saturated heterocycles. The number of imide groups is 1. The van der Waals surface area contributed by atoms with E-state index in [1.807, 2.05) is 85.5 Å². The highest BCUT2D eigenvalue weighted by molar-refractivity contribution is 8.01. The number of amides is 4. The molecule has 9 rings (SSSR count). The fraction of sp³-hybridized carbons (Fsp3) is 0.383. The molecule has 5 aromatic rings. The number of thioether (sulfide) groups is 1. The number of hydrogen-bond donors (Lipinski definition) is 1. The van der Waals surface area contributed by atoms with Crippen LogP contribution < -0.4 is 39.0 Å². The standard InChI is InChI=1S/C60H66N6O13S/c1-7-61-47-32-53(51(73-5)30-45(47)58(70)64-19-18-41-12-8-10-14-49(41)64)77-35-39-26-40(36-78-54-33-48-46(31-52(54)74-6)59(71)65-44(34-62-48)29-42-13-9-11-15-50(42)65)28-43(27-39)63(20-21-75-24-25-76-23-22-72-4)38-60(2,3)80-37-57(69)79-66-55(67)16-17-56(66)68/h8-15,26-28,30-33,44,62H,1,16-25,29,34-38H2,2-6H3/t44-/m0/s1. The quantitative estimate of drug-likeness (QED) is 0.0316. The van der Waals surface area contributed by atoms with Crippen LogP contribution in [0.5, 0.6) is 23.0 Å². The number of rotatable bonds is 26. The summed E-state index contributed by atoms with van der Waals surface area (Å²) in [6, 6.07) is 28.5. The van der Waals surface area contributed by atoms with Gasteiger partial charge in [0.05, 0.1) is 81.6 Å². The Hall–Kier alpha value is -7.87. The molecular formula is C60H66N6O13S. The zero-order valence-electron chi connectivity index (χ0n) is 45.7. The van der Waals surface area contributed by atoms with Crippen LogP contribution >= 0.6 is 11.8 Å². The average molecular weight is 1110 g/mol. The van der Waals surface area contributed by atoms with Crippen molar-refractivity contribution in [2.24, 2.45) is 4.99 Å². The third-order valence-corrected chi connectivity index (χ3v) is 15.3. The van der Waals surface area contributed by atoms with Crippen LogP contribution in [0.3, 0.4) is 0 Å². The van der Waals surface area contributed by atoms with Gasteiger partial charge in [0.2, 0.25) is 0 Å². The molecule has 4 aliphatic rings. The van der Waals surface area contributed by atoms with Gasteiger partial charge in [-0.05, 0) is 104 Å². The Morgan fingerprint density at radius 2 is 1.43 bits per heavy atom. The van der Waals surface area contributed by atoms with E-state index >= 15 is 0 Å². The molecule has 0 spiro atoms. The number of hydroxylamine groups is 2. The van der Waals surface area contributed by atoms with Crippen molar-refractivity contribution in [3.05, 3.63) is 131 Å². The van der Waals surface area contributed by atoms with Crippen molar-refractivity contribution >= 4 is 75.7 Å². The van der Waals surface area contributed by atoms with Crippen LogP contribution in [-0.4, -0.2) is 138 Å². The molecule has 0 unspecified atom stereocenters. The first kappa shape index (κ1) is 56.8. The summed E-state index contributed by atoms with van der Waals surface area (Å²) in [4.78, 5) is 81.4. The van der Waals surface area contributed by atoms with Gasteiger partial charge in [0.15, 0.2) is 23.0 Å². The topological polar surface area (TPSA) is 197 Å². The van der Waals surface area contributed by atoms with E-state index < -0.39 is 22.5 Å². The summed E-state index contributed by atoms with van der Waals surface area (Å²) < 4.78 is 41.2. The fourth-order valence-electron chi connectivity index (χ4n) is 10.2. The number of ether oxygens (including phenoxy) is 7. The number of para-hydroxylation sites is 2. The number of aliphatic imine (C=N–C) groups is 1. The first-order valence-corrected chi connectivity index (χ1v) is 27.5. The fourth-order valence-corrected chi connectivity index (χ4v) is 11.0. The number of fused-ring (bicyclic) bond motifs is 5. The van der Waals surface area contributed by atoms with Crippen LogP contribution in [0.1, 0.15) is 69.7 Å². The number of hydrogen-bond acceptors (Lipinski definition) is 17. The molecule has 0 radical (unpaired) electrons. The molecule has 20 heteroatoms. The van der Waals surface area contributed by atoms with Crippen molar-refractivity contribution in [1.29, 1.82) is 0 Å². The van der Waals surface area contributed by atoms with Gasteiger partial charge in [-0.1, -0.05) is 36.4 Å². The lowest BCUT2D eigenvalue weighted by Gasteiger charge is -2.34. The van der Waals surface area contributed by atoms with Gasteiger partial charge in [0.1, 0.15) is 13.2 Å². The van der Waals surface area contributed by atoms with Gasteiger partial charge in [-0.25, -0.2) is 9.79 Å². The minimum absolute atomic E-state index is 0.00719. The monoisotopic (exact) mass is 1110 g/mol. The van der Waals surface area contributed by atoms with Crippen molar-refractivity contribution in [3.63, 3.8) is 0 Å². The minimum Gasteiger partial charge on any atom is -0.493 e. The second-order valence-electron chi connectivity index (χ2n) is 20.0. The van der Waals surface area contributed by atoms with Gasteiger partial charge in [-0.2, -0.15) is 0 Å². The number of nitrogens with one attached hydrogen (secondary N) is 1. The Kier molecular flexibility index (Phi) is 18.4. The molecule has 1 fully saturated rings. The SMILES string of the molecule is C=C=Nc1cc(OCc2cc(COc3cc4c(cc3OC)C(=O)N3c5ccccc5C[C@H]3CN4)cc(N(CCOCCOCCOC)CC(C)(C)SCC(=O)ON3C(=O)CCC3=O)c2)c(OC)cc1C(=O)N1CCc2ccccc21. The summed E-state index contributed by atoms with van der Waals surface area (Å²) >= 11 is 1.32. The molecule has 5 aromatic carbocycles. The van der Waals surface area contributed by atoms with E-state index in [0.717, 1.165) is 52.2 Å². The number of carbonyl (C=O) groups excluding carboxylic acids is 5. The third kappa shape index (κ3) is 13.2. The lowest BCUT2D eigenvalue weighted by atomic mass is 10.1. The van der Waals surface area contributed by atoms with Gasteiger partial charge in [-0.15, -0.1) is 16.8 Å². The Morgan fingerprint density at radius 3 is 2.12 bits per heavy atom. The molecule has 4 aliphatic heterocycles. The molecule has 420 valence electrons. The number of nitrogens with zero attached hydrogens (tertiary/aromatic N) is 5. The highest BCUT2D eigenvalue weighted by atomic mass is 32.2. The van der Waals surface area contributed by atoms with Gasteiger partial charge in [-0.3, -0.25) is 19.2 Å². The summed E-state index contributed by atoms with van der Waals surface area (Å²) in [6.45, 7) is 11.5. The predicted octanol–water partition coefficient (Wildman–Crippen LogP) is 8.15. The zero-order chi connectivity index (χ0) is 56.3. The van der Waals surface area contributed by atoms with Crippen LogP contribution in [0, 0.1) is 0 Å². The Morgan fingerprint density at radius 1 is 0.775 bits per heavy atom. The zero-order valence-corrected chi connectivity index (χ0v) is 46.5. The first-order chi connectivity index (χ1) is 38.8. The molecule has 1 N–H and O–H groups in total. The van der Waals surface area contributed by atoms with Crippen LogP contribution in [0.2, 0.25) is 0 Å². The maximum Gasteiger partial charge on any atom is 0.343 e. The molecule has 0 saturated carbocycles. The van der Waals surface area contributed by atoms with Gasteiger partial charge < -0.3 is 58.0 Å². The molecule has 4 amide bonds. The second kappa shape index (κ2) is 25.9. The summed E-state index contributed by atoms with van der Waals surface area (Å²) in [5.41, 5.74) is 7.92. The van der Waals surface area contributed by atoms with Crippen molar-refractivity contribution < 1.29 is 62.0 Å². The minimum atomic E-state index is -0.719. The van der Waals surface area contributed by atoms with Crippen molar-refractivity contribution in [2.45, 2.75) is 63.5 Å². The van der Waals surface area contributed by atoms with Crippen molar-refractivity contribution in [2.75, 3.05) is 106 Å². The van der Waals surface area contributed by atoms with Crippen molar-refractivity contribution in [3.8, 4) is 23.0 Å². The predicted molar refractivity (Wildman–Crippen MR) is 304 cm³/mol. The number of benzene rings is 5. The Labute approximate surface area is 469 Å². The van der Waals surface area contributed by atoms with Crippen LogP contribution in [0.25, 0.3) is 0 Å². The van der Waals surface area contributed by atoms with Crippen LogP contribution in [0.4, 0.5) is 28.4 Å². The highest BCUT2D eigenvalue weighted by Gasteiger charge is 2.38. The molecule has 80 heavy (non-hydrogen) atoms. The Balaban J connectivity index is 1.01. The summed E-state index contributed by atoms with van der Waals surface area (Å²) in [7, 11) is 4.66.